The summed E-state index contributed by atoms with van der Waals surface area (Å²) >= 11 is 0. The number of rotatable bonds is 2. The zero-order chi connectivity index (χ0) is 15.1. The monoisotopic (exact) mass is 288 g/mol. The van der Waals surface area contributed by atoms with Crippen molar-refractivity contribution in [2.75, 3.05) is 20.3 Å². The summed E-state index contributed by atoms with van der Waals surface area (Å²) < 4.78 is 11.2. The molecule has 2 N–H and O–H groups in total. The lowest BCUT2D eigenvalue weighted by molar-refractivity contribution is -0.0707. The van der Waals surface area contributed by atoms with E-state index in [2.05, 4.69) is 31.0 Å². The van der Waals surface area contributed by atoms with E-state index in [1.54, 1.807) is 7.11 Å². The van der Waals surface area contributed by atoms with Gasteiger partial charge in [0.2, 0.25) is 0 Å². The van der Waals surface area contributed by atoms with Crippen molar-refractivity contribution in [1.29, 1.82) is 0 Å². The van der Waals surface area contributed by atoms with Gasteiger partial charge in [-0.25, -0.2) is 0 Å². The molecule has 1 aliphatic heterocycles. The van der Waals surface area contributed by atoms with Crippen molar-refractivity contribution in [3.63, 3.8) is 0 Å². The zero-order valence-electron chi connectivity index (χ0n) is 13.1. The van der Waals surface area contributed by atoms with Crippen LogP contribution in [0.2, 0.25) is 0 Å². The Labute approximate surface area is 126 Å². The minimum absolute atomic E-state index is 0.209. The molecule has 3 atom stereocenters. The smallest absolute Gasteiger partial charge is 0.119 e. The molecule has 4 heteroatoms. The highest BCUT2D eigenvalue weighted by Crippen LogP contribution is 2.54. The van der Waals surface area contributed by atoms with Crippen LogP contribution in [0.1, 0.15) is 31.4 Å². The number of hydrogen-bond donors (Lipinski definition) is 1. The summed E-state index contributed by atoms with van der Waals surface area (Å²) in [4.78, 5) is 4.68. The van der Waals surface area contributed by atoms with Crippen LogP contribution in [0.15, 0.2) is 23.2 Å². The Hall–Kier alpha value is -1.55. The van der Waals surface area contributed by atoms with Crippen molar-refractivity contribution in [2.24, 2.45) is 22.1 Å². The van der Waals surface area contributed by atoms with E-state index in [1.165, 1.54) is 17.5 Å². The Bertz CT molecular complexity index is 572. The molecule has 1 fully saturated rings. The predicted molar refractivity (Wildman–Crippen MR) is 83.8 cm³/mol. The van der Waals surface area contributed by atoms with Crippen LogP contribution in [-0.2, 0) is 16.7 Å². The SMILES string of the molecule is COc1ccc2c(c1)C(C)(N=CN)C1COCC[C@@]1(C)C2. The fourth-order valence-electron chi connectivity index (χ4n) is 4.18. The molecule has 1 aliphatic carbocycles. The fourth-order valence-corrected chi connectivity index (χ4v) is 4.18. The lowest BCUT2D eigenvalue weighted by Gasteiger charge is -2.53. The van der Waals surface area contributed by atoms with Crippen molar-refractivity contribution in [1.82, 2.24) is 0 Å². The first kappa shape index (κ1) is 14.4. The molecular weight excluding hydrogens is 264 g/mol. The number of aliphatic imine (C=N–C) groups is 1. The molecule has 2 aliphatic rings. The number of hydrogen-bond acceptors (Lipinski definition) is 3. The second kappa shape index (κ2) is 5.02. The van der Waals surface area contributed by atoms with Crippen LogP contribution in [0.4, 0.5) is 0 Å². The van der Waals surface area contributed by atoms with E-state index in [-0.39, 0.29) is 11.0 Å². The number of methoxy groups -OCH3 is 1. The molecule has 1 heterocycles. The number of fused-ring (bicyclic) bond motifs is 2. The van der Waals surface area contributed by atoms with Crippen LogP contribution in [0.5, 0.6) is 5.75 Å². The molecule has 114 valence electrons. The highest BCUT2D eigenvalue weighted by atomic mass is 16.5. The molecule has 0 saturated carbocycles. The molecule has 0 bridgehead atoms. The first-order chi connectivity index (χ1) is 10.0. The molecule has 21 heavy (non-hydrogen) atoms. The van der Waals surface area contributed by atoms with Crippen molar-refractivity contribution < 1.29 is 9.47 Å². The van der Waals surface area contributed by atoms with E-state index in [1.807, 2.05) is 6.07 Å². The van der Waals surface area contributed by atoms with Gasteiger partial charge in [0.1, 0.15) is 5.75 Å². The second-order valence-corrected chi connectivity index (χ2v) is 6.66. The average molecular weight is 288 g/mol. The van der Waals surface area contributed by atoms with Gasteiger partial charge in [-0.15, -0.1) is 0 Å². The number of nitrogens with zero attached hydrogens (tertiary/aromatic N) is 1. The molecular formula is C17H24N2O2. The molecule has 1 aromatic rings. The molecule has 1 saturated heterocycles. The molecule has 2 unspecified atom stereocenters. The molecule has 0 amide bonds. The van der Waals surface area contributed by atoms with E-state index in [0.717, 1.165) is 31.8 Å². The summed E-state index contributed by atoms with van der Waals surface area (Å²) in [5.41, 5.74) is 8.10. The topological polar surface area (TPSA) is 56.8 Å². The summed E-state index contributed by atoms with van der Waals surface area (Å²) in [6.45, 7) is 6.10. The summed E-state index contributed by atoms with van der Waals surface area (Å²) in [5.74, 6) is 1.20. The van der Waals surface area contributed by atoms with Gasteiger partial charge in [-0.2, -0.15) is 0 Å². The van der Waals surface area contributed by atoms with Crippen molar-refractivity contribution >= 4 is 6.34 Å². The van der Waals surface area contributed by atoms with Crippen LogP contribution in [0.3, 0.4) is 0 Å². The normalized spacial score (nSPS) is 35.3. The largest absolute Gasteiger partial charge is 0.497 e. The van der Waals surface area contributed by atoms with Crippen molar-refractivity contribution in [2.45, 2.75) is 32.2 Å². The van der Waals surface area contributed by atoms with Gasteiger partial charge in [-0.1, -0.05) is 13.0 Å². The minimum Gasteiger partial charge on any atom is -0.497 e. The number of benzene rings is 1. The minimum atomic E-state index is -0.355. The molecule has 3 rings (SSSR count). The lowest BCUT2D eigenvalue weighted by atomic mass is 9.56. The van der Waals surface area contributed by atoms with Crippen LogP contribution in [0.25, 0.3) is 0 Å². The highest BCUT2D eigenvalue weighted by Gasteiger charge is 2.52. The van der Waals surface area contributed by atoms with E-state index >= 15 is 0 Å². The van der Waals surface area contributed by atoms with Gasteiger partial charge in [0.05, 0.1) is 25.6 Å². The first-order valence-electron chi connectivity index (χ1n) is 7.54. The fraction of sp³-hybridized carbons (Fsp3) is 0.588. The number of ether oxygens (including phenoxy) is 2. The van der Waals surface area contributed by atoms with Gasteiger partial charge in [0.15, 0.2) is 0 Å². The van der Waals surface area contributed by atoms with E-state index in [4.69, 9.17) is 15.2 Å². The van der Waals surface area contributed by atoms with E-state index < -0.39 is 0 Å². The second-order valence-electron chi connectivity index (χ2n) is 6.66. The van der Waals surface area contributed by atoms with Gasteiger partial charge in [0.25, 0.3) is 0 Å². The van der Waals surface area contributed by atoms with Gasteiger partial charge in [-0.05, 0) is 48.4 Å². The quantitative estimate of drug-likeness (QED) is 0.672. The Kier molecular flexibility index (Phi) is 3.44. The third kappa shape index (κ3) is 2.13. The summed E-state index contributed by atoms with van der Waals surface area (Å²) in [6.07, 6.45) is 3.57. The third-order valence-electron chi connectivity index (χ3n) is 5.42. The van der Waals surface area contributed by atoms with E-state index in [9.17, 15) is 0 Å². The number of nitrogens with two attached hydrogens (primary N) is 1. The maximum absolute atomic E-state index is 5.77. The maximum Gasteiger partial charge on any atom is 0.119 e. The van der Waals surface area contributed by atoms with Gasteiger partial charge in [-0.3, -0.25) is 4.99 Å². The zero-order valence-corrected chi connectivity index (χ0v) is 13.1. The summed E-state index contributed by atoms with van der Waals surface area (Å²) in [5, 5.41) is 0. The Balaban J connectivity index is 2.18. The Morgan fingerprint density at radius 3 is 2.95 bits per heavy atom. The van der Waals surface area contributed by atoms with Crippen LogP contribution >= 0.6 is 0 Å². The van der Waals surface area contributed by atoms with Crippen LogP contribution in [0, 0.1) is 11.3 Å². The molecule has 4 nitrogen and oxygen atoms in total. The van der Waals surface area contributed by atoms with Crippen molar-refractivity contribution in [3.8, 4) is 5.75 Å². The van der Waals surface area contributed by atoms with Gasteiger partial charge in [0, 0.05) is 12.5 Å². The predicted octanol–water partition coefficient (Wildman–Crippen LogP) is 2.50. The Morgan fingerprint density at radius 2 is 2.24 bits per heavy atom. The molecule has 0 radical (unpaired) electrons. The molecule has 0 aromatic heterocycles. The van der Waals surface area contributed by atoms with Crippen LogP contribution < -0.4 is 10.5 Å². The Morgan fingerprint density at radius 1 is 1.43 bits per heavy atom. The lowest BCUT2D eigenvalue weighted by Crippen LogP contribution is -2.52. The third-order valence-corrected chi connectivity index (χ3v) is 5.42. The molecule has 1 aromatic carbocycles. The molecule has 0 spiro atoms. The highest BCUT2D eigenvalue weighted by molar-refractivity contribution is 5.55. The summed E-state index contributed by atoms with van der Waals surface area (Å²) in [6, 6.07) is 6.32. The van der Waals surface area contributed by atoms with Crippen LogP contribution in [-0.4, -0.2) is 26.7 Å². The summed E-state index contributed by atoms with van der Waals surface area (Å²) in [7, 11) is 1.70. The maximum atomic E-state index is 5.77. The first-order valence-corrected chi connectivity index (χ1v) is 7.54. The van der Waals surface area contributed by atoms with Gasteiger partial charge >= 0.3 is 0 Å². The average Bonchev–Trinajstić information content (AvgIpc) is 2.47. The van der Waals surface area contributed by atoms with E-state index in [0.29, 0.717) is 5.92 Å². The van der Waals surface area contributed by atoms with Crippen molar-refractivity contribution in [3.05, 3.63) is 29.3 Å². The standard InChI is InChI=1S/C17H24N2O2/c1-16-6-7-21-10-15(16)17(2,19-11-18)14-8-13(20-3)5-4-12(14)9-16/h4-5,8,11,15H,6-7,9-10H2,1-3H3,(H2,18,19)/t15?,16-,17?/m0/s1. The van der Waals surface area contributed by atoms with Gasteiger partial charge < -0.3 is 15.2 Å².